The van der Waals surface area contributed by atoms with Gasteiger partial charge in [0.25, 0.3) is 0 Å². The van der Waals surface area contributed by atoms with Crippen molar-refractivity contribution in [3.63, 3.8) is 0 Å². The molecule has 11 heavy (non-hydrogen) atoms. The standard InChI is InChI=1S/C8H15NO2/c1-7-2-9(11-4-7)3-8-5-10-6-8/h7-8H,2-6H2,1H3/t7-/m1/s1. The molecule has 0 radical (unpaired) electrons. The number of hydrogen-bond acceptors (Lipinski definition) is 3. The highest BCUT2D eigenvalue weighted by molar-refractivity contribution is 4.70. The Morgan fingerprint density at radius 1 is 1.36 bits per heavy atom. The van der Waals surface area contributed by atoms with Crippen molar-refractivity contribution in [3.05, 3.63) is 0 Å². The van der Waals surface area contributed by atoms with Crippen molar-refractivity contribution in [1.82, 2.24) is 5.06 Å². The summed E-state index contributed by atoms with van der Waals surface area (Å²) < 4.78 is 5.09. The van der Waals surface area contributed by atoms with E-state index < -0.39 is 0 Å². The van der Waals surface area contributed by atoms with Gasteiger partial charge in [0, 0.05) is 19.0 Å². The van der Waals surface area contributed by atoms with Gasteiger partial charge in [-0.25, -0.2) is 0 Å². The predicted octanol–water partition coefficient (Wildman–Crippen LogP) is 0.516. The normalized spacial score (nSPS) is 34.1. The molecule has 3 heteroatoms. The molecule has 0 aliphatic carbocycles. The van der Waals surface area contributed by atoms with Crippen LogP contribution in [0.25, 0.3) is 0 Å². The van der Waals surface area contributed by atoms with Crippen LogP contribution in [0.2, 0.25) is 0 Å². The van der Waals surface area contributed by atoms with E-state index in [9.17, 15) is 0 Å². The second kappa shape index (κ2) is 3.09. The molecule has 0 aromatic carbocycles. The van der Waals surface area contributed by atoms with Crippen LogP contribution in [0.4, 0.5) is 0 Å². The molecule has 0 bridgehead atoms. The summed E-state index contributed by atoms with van der Waals surface area (Å²) in [4.78, 5) is 5.45. The molecule has 2 saturated heterocycles. The summed E-state index contributed by atoms with van der Waals surface area (Å²) in [5.74, 6) is 1.43. The highest BCUT2D eigenvalue weighted by Gasteiger charge is 2.26. The molecule has 2 aliphatic rings. The quantitative estimate of drug-likeness (QED) is 0.583. The van der Waals surface area contributed by atoms with Gasteiger partial charge in [0.05, 0.1) is 19.8 Å². The minimum atomic E-state index is 0.705. The van der Waals surface area contributed by atoms with Gasteiger partial charge in [-0.3, -0.25) is 4.84 Å². The van der Waals surface area contributed by atoms with Gasteiger partial charge < -0.3 is 4.74 Å². The number of hydroxylamine groups is 2. The fourth-order valence-corrected chi connectivity index (χ4v) is 1.49. The summed E-state index contributed by atoms with van der Waals surface area (Å²) in [5.41, 5.74) is 0. The first-order valence-corrected chi connectivity index (χ1v) is 4.30. The Labute approximate surface area is 67.2 Å². The van der Waals surface area contributed by atoms with Crippen LogP contribution in [0.1, 0.15) is 6.92 Å². The van der Waals surface area contributed by atoms with Crippen LogP contribution >= 0.6 is 0 Å². The molecule has 2 heterocycles. The van der Waals surface area contributed by atoms with E-state index in [2.05, 4.69) is 12.0 Å². The summed E-state index contributed by atoms with van der Waals surface area (Å²) in [6.45, 7) is 7.12. The second-order valence-corrected chi connectivity index (χ2v) is 3.65. The van der Waals surface area contributed by atoms with E-state index in [1.165, 1.54) is 0 Å². The van der Waals surface area contributed by atoms with Crippen LogP contribution in [0.15, 0.2) is 0 Å². The third kappa shape index (κ3) is 1.72. The third-order valence-electron chi connectivity index (χ3n) is 2.23. The third-order valence-corrected chi connectivity index (χ3v) is 2.23. The van der Waals surface area contributed by atoms with E-state index in [-0.39, 0.29) is 0 Å². The van der Waals surface area contributed by atoms with Crippen molar-refractivity contribution in [3.8, 4) is 0 Å². The Balaban J connectivity index is 1.70. The molecular weight excluding hydrogens is 142 g/mol. The zero-order chi connectivity index (χ0) is 7.68. The minimum Gasteiger partial charge on any atom is -0.381 e. The van der Waals surface area contributed by atoms with E-state index >= 15 is 0 Å². The number of nitrogens with zero attached hydrogens (tertiary/aromatic N) is 1. The van der Waals surface area contributed by atoms with Crippen molar-refractivity contribution in [2.45, 2.75) is 6.92 Å². The molecule has 0 saturated carbocycles. The van der Waals surface area contributed by atoms with Gasteiger partial charge in [0.2, 0.25) is 0 Å². The molecule has 64 valence electrons. The smallest absolute Gasteiger partial charge is 0.0723 e. The molecule has 1 atom stereocenters. The van der Waals surface area contributed by atoms with E-state index in [0.717, 1.165) is 38.8 Å². The van der Waals surface area contributed by atoms with Crippen LogP contribution in [0.3, 0.4) is 0 Å². The first kappa shape index (κ1) is 7.53. The molecule has 0 spiro atoms. The highest BCUT2D eigenvalue weighted by Crippen LogP contribution is 2.17. The van der Waals surface area contributed by atoms with Crippen LogP contribution in [-0.2, 0) is 9.57 Å². The van der Waals surface area contributed by atoms with E-state index in [0.29, 0.717) is 5.92 Å². The van der Waals surface area contributed by atoms with Crippen molar-refractivity contribution in [2.24, 2.45) is 11.8 Å². The Morgan fingerprint density at radius 2 is 2.18 bits per heavy atom. The van der Waals surface area contributed by atoms with Crippen LogP contribution < -0.4 is 0 Å². The number of rotatable bonds is 2. The Kier molecular flexibility index (Phi) is 2.11. The Bertz CT molecular complexity index is 136. The lowest BCUT2D eigenvalue weighted by molar-refractivity contribution is -0.149. The summed E-state index contributed by atoms with van der Waals surface area (Å²) in [6.07, 6.45) is 0. The lowest BCUT2D eigenvalue weighted by Crippen LogP contribution is -2.38. The van der Waals surface area contributed by atoms with Gasteiger partial charge in [0.15, 0.2) is 0 Å². The van der Waals surface area contributed by atoms with Gasteiger partial charge in [-0.1, -0.05) is 6.92 Å². The maximum atomic E-state index is 5.45. The SMILES string of the molecule is C[C@H]1CON(CC2COC2)C1. The topological polar surface area (TPSA) is 21.7 Å². The molecule has 0 amide bonds. The van der Waals surface area contributed by atoms with Crippen molar-refractivity contribution < 1.29 is 9.57 Å². The van der Waals surface area contributed by atoms with Crippen molar-refractivity contribution in [1.29, 1.82) is 0 Å². The van der Waals surface area contributed by atoms with Crippen LogP contribution in [0.5, 0.6) is 0 Å². The van der Waals surface area contributed by atoms with Gasteiger partial charge >= 0.3 is 0 Å². The molecule has 0 N–H and O–H groups in total. The fourth-order valence-electron chi connectivity index (χ4n) is 1.49. The van der Waals surface area contributed by atoms with Gasteiger partial charge in [-0.15, -0.1) is 0 Å². The van der Waals surface area contributed by atoms with Crippen molar-refractivity contribution in [2.75, 3.05) is 32.9 Å². The molecule has 0 aromatic heterocycles. The summed E-state index contributed by atoms with van der Waals surface area (Å²) >= 11 is 0. The Hall–Kier alpha value is -0.120. The lowest BCUT2D eigenvalue weighted by Gasteiger charge is -2.29. The fraction of sp³-hybridized carbons (Fsp3) is 1.00. The maximum absolute atomic E-state index is 5.45. The summed E-state index contributed by atoms with van der Waals surface area (Å²) in [7, 11) is 0. The molecular formula is C8H15NO2. The second-order valence-electron chi connectivity index (χ2n) is 3.65. The lowest BCUT2D eigenvalue weighted by atomic mass is 10.1. The first-order valence-electron chi connectivity index (χ1n) is 4.30. The van der Waals surface area contributed by atoms with E-state index in [1.807, 2.05) is 0 Å². The van der Waals surface area contributed by atoms with Crippen molar-refractivity contribution >= 4 is 0 Å². The molecule has 0 unspecified atom stereocenters. The molecule has 3 nitrogen and oxygen atoms in total. The van der Waals surface area contributed by atoms with Gasteiger partial charge in [0.1, 0.15) is 0 Å². The van der Waals surface area contributed by atoms with Crippen LogP contribution in [0, 0.1) is 11.8 Å². The number of ether oxygens (including phenoxy) is 1. The highest BCUT2D eigenvalue weighted by atomic mass is 16.7. The molecule has 2 aliphatic heterocycles. The first-order chi connectivity index (χ1) is 5.34. The average Bonchev–Trinajstić information content (AvgIpc) is 2.27. The monoisotopic (exact) mass is 157 g/mol. The van der Waals surface area contributed by atoms with Crippen LogP contribution in [-0.4, -0.2) is 38.0 Å². The molecule has 0 aromatic rings. The largest absolute Gasteiger partial charge is 0.381 e. The van der Waals surface area contributed by atoms with E-state index in [1.54, 1.807) is 0 Å². The van der Waals surface area contributed by atoms with Gasteiger partial charge in [-0.05, 0) is 5.92 Å². The minimum absolute atomic E-state index is 0.705. The Morgan fingerprint density at radius 3 is 2.64 bits per heavy atom. The number of hydrogen-bond donors (Lipinski definition) is 0. The average molecular weight is 157 g/mol. The zero-order valence-corrected chi connectivity index (χ0v) is 6.95. The summed E-state index contributed by atoms with van der Waals surface area (Å²) in [5, 5.41) is 2.08. The zero-order valence-electron chi connectivity index (χ0n) is 6.95. The van der Waals surface area contributed by atoms with Gasteiger partial charge in [-0.2, -0.15) is 5.06 Å². The van der Waals surface area contributed by atoms with E-state index in [4.69, 9.17) is 9.57 Å². The molecule has 2 fully saturated rings. The predicted molar refractivity (Wildman–Crippen MR) is 41.0 cm³/mol. The molecule has 2 rings (SSSR count). The summed E-state index contributed by atoms with van der Waals surface area (Å²) in [6, 6.07) is 0. The maximum Gasteiger partial charge on any atom is 0.0723 e.